The standard InChI is InChI=1S/C20H20INO3/c21-16-3-1-2-13(8-16)12-25-17-5-6-18-14(9-17)4-7-19(18)22-10-15(11-22)20(23)24/h1-3,5-6,8-9,15,19H,4,7,10-12H2,(H,23,24). The van der Waals surface area contributed by atoms with Gasteiger partial charge >= 0.3 is 5.97 Å². The molecule has 0 amide bonds. The lowest BCUT2D eigenvalue weighted by Gasteiger charge is -2.41. The first-order valence-corrected chi connectivity index (χ1v) is 9.65. The van der Waals surface area contributed by atoms with E-state index >= 15 is 0 Å². The van der Waals surface area contributed by atoms with Crippen molar-refractivity contribution in [1.82, 2.24) is 4.90 Å². The largest absolute Gasteiger partial charge is 0.489 e. The van der Waals surface area contributed by atoms with Gasteiger partial charge in [0.15, 0.2) is 0 Å². The van der Waals surface area contributed by atoms with Crippen LogP contribution in [0.3, 0.4) is 0 Å². The highest BCUT2D eigenvalue weighted by atomic mass is 127. The van der Waals surface area contributed by atoms with Crippen molar-refractivity contribution < 1.29 is 14.6 Å². The first-order valence-electron chi connectivity index (χ1n) is 8.57. The van der Waals surface area contributed by atoms with Crippen LogP contribution in [0.1, 0.15) is 29.2 Å². The van der Waals surface area contributed by atoms with Gasteiger partial charge in [-0.15, -0.1) is 0 Å². The van der Waals surface area contributed by atoms with Gasteiger partial charge in [0, 0.05) is 22.7 Å². The lowest BCUT2D eigenvalue weighted by Crippen LogP contribution is -2.51. The number of carboxylic acids is 1. The molecular weight excluding hydrogens is 429 g/mol. The van der Waals surface area contributed by atoms with Crippen LogP contribution in [0.4, 0.5) is 0 Å². The molecule has 0 bridgehead atoms. The molecule has 25 heavy (non-hydrogen) atoms. The van der Waals surface area contributed by atoms with Crippen LogP contribution in [-0.4, -0.2) is 29.1 Å². The third-order valence-electron chi connectivity index (χ3n) is 5.15. The molecule has 1 fully saturated rings. The van der Waals surface area contributed by atoms with Gasteiger partial charge in [0.25, 0.3) is 0 Å². The van der Waals surface area contributed by atoms with Crippen molar-refractivity contribution in [3.05, 3.63) is 62.7 Å². The molecule has 130 valence electrons. The second-order valence-corrected chi connectivity index (χ2v) is 8.07. The fraction of sp³-hybridized carbons (Fsp3) is 0.350. The number of hydrogen-bond acceptors (Lipinski definition) is 3. The van der Waals surface area contributed by atoms with E-state index in [-0.39, 0.29) is 5.92 Å². The van der Waals surface area contributed by atoms with E-state index in [2.05, 4.69) is 57.8 Å². The Hall–Kier alpha value is -1.60. The first-order chi connectivity index (χ1) is 12.1. The third-order valence-corrected chi connectivity index (χ3v) is 5.83. The summed E-state index contributed by atoms with van der Waals surface area (Å²) in [6.45, 7) is 1.92. The molecule has 1 atom stereocenters. The molecule has 5 heteroatoms. The summed E-state index contributed by atoms with van der Waals surface area (Å²) in [6.07, 6.45) is 2.11. The van der Waals surface area contributed by atoms with Gasteiger partial charge in [-0.2, -0.15) is 0 Å². The van der Waals surface area contributed by atoms with Gasteiger partial charge in [0.05, 0.1) is 5.92 Å². The summed E-state index contributed by atoms with van der Waals surface area (Å²) in [6, 6.07) is 15.1. The Morgan fingerprint density at radius 2 is 2.08 bits per heavy atom. The van der Waals surface area contributed by atoms with Gasteiger partial charge < -0.3 is 9.84 Å². The summed E-state index contributed by atoms with van der Waals surface area (Å²) in [5.41, 5.74) is 3.85. The maximum Gasteiger partial charge on any atom is 0.309 e. The molecule has 1 saturated heterocycles. The van der Waals surface area contributed by atoms with Gasteiger partial charge in [-0.3, -0.25) is 9.69 Å². The van der Waals surface area contributed by atoms with Gasteiger partial charge in [-0.25, -0.2) is 0 Å². The Bertz CT molecular complexity index is 801. The second kappa shape index (κ2) is 6.96. The molecule has 1 unspecified atom stereocenters. The van der Waals surface area contributed by atoms with Crippen molar-refractivity contribution in [3.63, 3.8) is 0 Å². The SMILES string of the molecule is O=C(O)C1CN(C2CCc3cc(OCc4cccc(I)c4)ccc32)C1. The van der Waals surface area contributed by atoms with Crippen LogP contribution in [-0.2, 0) is 17.8 Å². The summed E-state index contributed by atoms with van der Waals surface area (Å²) < 4.78 is 7.17. The average molecular weight is 449 g/mol. The topological polar surface area (TPSA) is 49.8 Å². The van der Waals surface area contributed by atoms with E-state index in [1.807, 2.05) is 12.1 Å². The predicted octanol–water partition coefficient (Wildman–Crippen LogP) is 3.87. The third kappa shape index (κ3) is 3.53. The number of aryl methyl sites for hydroxylation is 1. The fourth-order valence-corrected chi connectivity index (χ4v) is 4.36. The minimum atomic E-state index is -0.672. The van der Waals surface area contributed by atoms with Crippen molar-refractivity contribution in [2.45, 2.75) is 25.5 Å². The van der Waals surface area contributed by atoms with Crippen LogP contribution in [0.2, 0.25) is 0 Å². The zero-order valence-corrected chi connectivity index (χ0v) is 16.0. The number of hydrogen-bond donors (Lipinski definition) is 1. The summed E-state index contributed by atoms with van der Waals surface area (Å²) in [7, 11) is 0. The number of likely N-dealkylation sites (tertiary alicyclic amines) is 1. The van der Waals surface area contributed by atoms with E-state index in [4.69, 9.17) is 9.84 Å². The van der Waals surface area contributed by atoms with E-state index in [1.165, 1.54) is 20.3 Å². The molecule has 0 aromatic heterocycles. The molecule has 2 aliphatic rings. The van der Waals surface area contributed by atoms with Crippen molar-refractivity contribution in [2.75, 3.05) is 13.1 Å². The van der Waals surface area contributed by atoms with Crippen LogP contribution in [0.15, 0.2) is 42.5 Å². The number of carbonyl (C=O) groups is 1. The van der Waals surface area contributed by atoms with Crippen LogP contribution >= 0.6 is 22.6 Å². The minimum Gasteiger partial charge on any atom is -0.489 e. The number of fused-ring (bicyclic) bond motifs is 1. The predicted molar refractivity (Wildman–Crippen MR) is 104 cm³/mol. The lowest BCUT2D eigenvalue weighted by atomic mass is 9.95. The molecule has 2 aromatic rings. The highest BCUT2D eigenvalue weighted by Crippen LogP contribution is 2.40. The Morgan fingerprint density at radius 1 is 1.24 bits per heavy atom. The van der Waals surface area contributed by atoms with E-state index in [0.29, 0.717) is 25.7 Å². The monoisotopic (exact) mass is 449 g/mol. The number of aliphatic carboxylic acids is 1. The zero-order chi connectivity index (χ0) is 17.4. The number of rotatable bonds is 5. The Kier molecular flexibility index (Phi) is 4.69. The van der Waals surface area contributed by atoms with E-state index in [1.54, 1.807) is 0 Å². The second-order valence-electron chi connectivity index (χ2n) is 6.82. The van der Waals surface area contributed by atoms with Gasteiger partial charge in [0.1, 0.15) is 12.4 Å². The van der Waals surface area contributed by atoms with Crippen LogP contribution in [0, 0.1) is 9.49 Å². The molecule has 4 nitrogen and oxygen atoms in total. The van der Waals surface area contributed by atoms with Gasteiger partial charge in [-0.05, 0) is 76.4 Å². The smallest absolute Gasteiger partial charge is 0.309 e. The lowest BCUT2D eigenvalue weighted by molar-refractivity contribution is -0.148. The van der Waals surface area contributed by atoms with Crippen LogP contribution in [0.5, 0.6) is 5.75 Å². The maximum absolute atomic E-state index is 11.0. The number of ether oxygens (including phenoxy) is 1. The molecular formula is C20H20INO3. The molecule has 1 heterocycles. The highest BCUT2D eigenvalue weighted by Gasteiger charge is 2.39. The maximum atomic E-state index is 11.0. The molecule has 0 radical (unpaired) electrons. The summed E-state index contributed by atoms with van der Waals surface area (Å²) >= 11 is 2.31. The van der Waals surface area contributed by atoms with Crippen LogP contribution < -0.4 is 4.74 Å². The zero-order valence-electron chi connectivity index (χ0n) is 13.8. The summed E-state index contributed by atoms with van der Waals surface area (Å²) in [4.78, 5) is 13.3. The fourth-order valence-electron chi connectivity index (χ4n) is 3.76. The molecule has 1 aliphatic carbocycles. The van der Waals surface area contributed by atoms with Crippen LogP contribution in [0.25, 0.3) is 0 Å². The number of carboxylic acid groups (broad SMARTS) is 1. The molecule has 0 saturated carbocycles. The average Bonchev–Trinajstić information content (AvgIpc) is 2.94. The summed E-state index contributed by atoms with van der Waals surface area (Å²) in [5.74, 6) is 0.0411. The molecule has 1 N–H and O–H groups in total. The summed E-state index contributed by atoms with van der Waals surface area (Å²) in [5, 5.41) is 9.05. The highest BCUT2D eigenvalue weighted by molar-refractivity contribution is 14.1. The van der Waals surface area contributed by atoms with Gasteiger partial charge in [-0.1, -0.05) is 18.2 Å². The van der Waals surface area contributed by atoms with Crippen molar-refractivity contribution >= 4 is 28.6 Å². The Labute approximate surface area is 160 Å². The van der Waals surface area contributed by atoms with E-state index in [9.17, 15) is 4.79 Å². The first kappa shape index (κ1) is 16.8. The van der Waals surface area contributed by atoms with Gasteiger partial charge in [0.2, 0.25) is 0 Å². The van der Waals surface area contributed by atoms with E-state index < -0.39 is 5.97 Å². The molecule has 0 spiro atoms. The quantitative estimate of drug-likeness (QED) is 0.705. The van der Waals surface area contributed by atoms with Crippen molar-refractivity contribution in [2.24, 2.45) is 5.92 Å². The number of halogens is 1. The normalized spacial score (nSPS) is 20.1. The number of nitrogens with zero attached hydrogens (tertiary/aromatic N) is 1. The number of benzene rings is 2. The van der Waals surface area contributed by atoms with Crippen molar-refractivity contribution in [1.29, 1.82) is 0 Å². The van der Waals surface area contributed by atoms with E-state index in [0.717, 1.165) is 18.6 Å². The Morgan fingerprint density at radius 3 is 2.84 bits per heavy atom. The molecule has 2 aromatic carbocycles. The molecule has 1 aliphatic heterocycles. The Balaban J connectivity index is 1.40. The minimum absolute atomic E-state index is 0.194. The van der Waals surface area contributed by atoms with Crippen molar-refractivity contribution in [3.8, 4) is 5.75 Å². The molecule has 4 rings (SSSR count).